The summed E-state index contributed by atoms with van der Waals surface area (Å²) in [6.45, 7) is 0. The van der Waals surface area contributed by atoms with Gasteiger partial charge in [0.1, 0.15) is 0 Å². The molecule has 4 heteroatoms. The first-order valence-corrected chi connectivity index (χ1v) is 5.82. The Labute approximate surface area is 91.2 Å². The molecule has 15 heavy (non-hydrogen) atoms. The van der Waals surface area contributed by atoms with Gasteiger partial charge in [0.05, 0.1) is 11.8 Å². The van der Waals surface area contributed by atoms with Gasteiger partial charge in [0.15, 0.2) is 0 Å². The van der Waals surface area contributed by atoms with Crippen LogP contribution in [0.15, 0.2) is 29.2 Å². The number of hydrogen-bond donors (Lipinski definition) is 1. The van der Waals surface area contributed by atoms with Crippen molar-refractivity contribution in [2.24, 2.45) is 5.92 Å². The Balaban J connectivity index is 2.13. The highest BCUT2D eigenvalue weighted by atomic mass is 32.2. The Morgan fingerprint density at radius 3 is 2.87 bits per heavy atom. The van der Waals surface area contributed by atoms with E-state index in [0.717, 1.165) is 10.5 Å². The first-order chi connectivity index (χ1) is 7.27. The summed E-state index contributed by atoms with van der Waals surface area (Å²) in [5, 5.41) is 2.41. The first-order valence-electron chi connectivity index (χ1n) is 4.84. The molecule has 0 aromatic heterocycles. The van der Waals surface area contributed by atoms with Crippen molar-refractivity contribution in [2.75, 3.05) is 5.75 Å². The molecule has 0 saturated carbocycles. The van der Waals surface area contributed by atoms with Gasteiger partial charge in [-0.05, 0) is 11.6 Å². The Morgan fingerprint density at radius 1 is 1.20 bits per heavy atom. The van der Waals surface area contributed by atoms with E-state index in [1.807, 2.05) is 24.3 Å². The van der Waals surface area contributed by atoms with E-state index < -0.39 is 0 Å². The number of carbonyl (C=O) groups excluding carboxylic acids is 2. The van der Waals surface area contributed by atoms with E-state index in [1.54, 1.807) is 11.8 Å². The molecule has 2 atom stereocenters. The lowest BCUT2D eigenvalue weighted by atomic mass is 9.89. The molecule has 0 spiro atoms. The van der Waals surface area contributed by atoms with Crippen LogP contribution in [0.1, 0.15) is 11.5 Å². The second-order valence-electron chi connectivity index (χ2n) is 3.79. The maximum Gasteiger partial charge on any atom is 0.234 e. The summed E-state index contributed by atoms with van der Waals surface area (Å²) in [6.07, 6.45) is 0. The fraction of sp³-hybridized carbons (Fsp3) is 0.273. The van der Waals surface area contributed by atoms with Gasteiger partial charge in [-0.1, -0.05) is 18.2 Å². The Hall–Kier alpha value is -1.29. The minimum Gasteiger partial charge on any atom is -0.296 e. The van der Waals surface area contributed by atoms with Gasteiger partial charge in [0, 0.05) is 10.6 Å². The van der Waals surface area contributed by atoms with E-state index in [2.05, 4.69) is 5.32 Å². The fourth-order valence-corrected chi connectivity index (χ4v) is 3.44. The van der Waals surface area contributed by atoms with Gasteiger partial charge in [0.25, 0.3) is 0 Å². The number of rotatable bonds is 0. The number of benzene rings is 1. The van der Waals surface area contributed by atoms with Crippen LogP contribution >= 0.6 is 11.8 Å². The lowest BCUT2D eigenvalue weighted by Gasteiger charge is -2.23. The number of imide groups is 1. The van der Waals surface area contributed by atoms with Crippen LogP contribution in [0.3, 0.4) is 0 Å². The number of amides is 2. The lowest BCUT2D eigenvalue weighted by molar-refractivity contribution is -0.125. The fourth-order valence-electron chi connectivity index (χ4n) is 2.20. The predicted octanol–water partition coefficient (Wildman–Crippen LogP) is 1.15. The van der Waals surface area contributed by atoms with Crippen molar-refractivity contribution in [3.63, 3.8) is 0 Å². The third kappa shape index (κ3) is 1.21. The highest BCUT2D eigenvalue weighted by Crippen LogP contribution is 2.43. The molecule has 3 rings (SSSR count). The van der Waals surface area contributed by atoms with E-state index in [9.17, 15) is 9.59 Å². The zero-order valence-corrected chi connectivity index (χ0v) is 8.71. The average Bonchev–Trinajstić information content (AvgIpc) is 2.55. The number of carbonyl (C=O) groups is 2. The molecule has 1 saturated heterocycles. The number of hydrogen-bond acceptors (Lipinski definition) is 3. The summed E-state index contributed by atoms with van der Waals surface area (Å²) in [7, 11) is 0. The van der Waals surface area contributed by atoms with Gasteiger partial charge in [-0.15, -0.1) is 11.8 Å². The van der Waals surface area contributed by atoms with Crippen LogP contribution in [0.5, 0.6) is 0 Å². The second kappa shape index (κ2) is 3.10. The monoisotopic (exact) mass is 219 g/mol. The van der Waals surface area contributed by atoms with E-state index in [-0.39, 0.29) is 23.7 Å². The van der Waals surface area contributed by atoms with Gasteiger partial charge in [0.2, 0.25) is 11.8 Å². The second-order valence-corrected chi connectivity index (χ2v) is 4.85. The molecule has 1 aromatic rings. The number of thioether (sulfide) groups is 1. The lowest BCUT2D eigenvalue weighted by Crippen LogP contribution is -2.23. The molecular weight excluding hydrogens is 210 g/mol. The zero-order chi connectivity index (χ0) is 10.4. The Bertz CT molecular complexity index is 458. The van der Waals surface area contributed by atoms with Crippen molar-refractivity contribution in [1.82, 2.24) is 5.32 Å². The van der Waals surface area contributed by atoms with Gasteiger partial charge in [-0.25, -0.2) is 0 Å². The zero-order valence-electron chi connectivity index (χ0n) is 7.90. The molecular formula is C11H9NO2S. The van der Waals surface area contributed by atoms with Crippen molar-refractivity contribution < 1.29 is 9.59 Å². The van der Waals surface area contributed by atoms with Gasteiger partial charge in [-0.2, -0.15) is 0 Å². The summed E-state index contributed by atoms with van der Waals surface area (Å²) in [5.74, 6) is 0.0244. The molecule has 2 aliphatic heterocycles. The summed E-state index contributed by atoms with van der Waals surface area (Å²) < 4.78 is 0. The molecule has 1 fully saturated rings. The highest BCUT2D eigenvalue weighted by Gasteiger charge is 2.45. The molecule has 1 aromatic carbocycles. The summed E-state index contributed by atoms with van der Waals surface area (Å²) in [4.78, 5) is 24.3. The van der Waals surface area contributed by atoms with Crippen LogP contribution < -0.4 is 5.32 Å². The number of nitrogens with one attached hydrogen (secondary N) is 1. The van der Waals surface area contributed by atoms with Gasteiger partial charge < -0.3 is 0 Å². The molecule has 2 heterocycles. The predicted molar refractivity (Wildman–Crippen MR) is 56.5 cm³/mol. The highest BCUT2D eigenvalue weighted by molar-refractivity contribution is 7.99. The minimum absolute atomic E-state index is 0.119. The van der Waals surface area contributed by atoms with E-state index in [4.69, 9.17) is 0 Å². The van der Waals surface area contributed by atoms with E-state index in [0.29, 0.717) is 5.75 Å². The Kier molecular flexibility index (Phi) is 1.85. The normalized spacial score (nSPS) is 28.3. The molecule has 0 bridgehead atoms. The molecule has 2 amide bonds. The summed E-state index contributed by atoms with van der Waals surface area (Å²) in [5.41, 5.74) is 1.00. The molecule has 76 valence electrons. The van der Waals surface area contributed by atoms with Crippen LogP contribution in [0, 0.1) is 5.92 Å². The minimum atomic E-state index is -0.255. The average molecular weight is 219 g/mol. The third-order valence-corrected chi connectivity index (χ3v) is 4.15. The van der Waals surface area contributed by atoms with Crippen molar-refractivity contribution in [1.29, 1.82) is 0 Å². The van der Waals surface area contributed by atoms with Crippen LogP contribution in [-0.2, 0) is 9.59 Å². The van der Waals surface area contributed by atoms with Crippen LogP contribution in [-0.4, -0.2) is 17.6 Å². The Morgan fingerprint density at radius 2 is 2.00 bits per heavy atom. The largest absolute Gasteiger partial charge is 0.296 e. The van der Waals surface area contributed by atoms with Crippen molar-refractivity contribution >= 4 is 23.6 Å². The van der Waals surface area contributed by atoms with Crippen molar-refractivity contribution in [3.05, 3.63) is 29.8 Å². The topological polar surface area (TPSA) is 46.2 Å². The molecule has 0 aliphatic carbocycles. The first kappa shape index (κ1) is 8.97. The van der Waals surface area contributed by atoms with Crippen LogP contribution in [0.4, 0.5) is 0 Å². The molecule has 0 unspecified atom stereocenters. The summed E-state index contributed by atoms with van der Waals surface area (Å²) in [6, 6.07) is 7.82. The van der Waals surface area contributed by atoms with Crippen LogP contribution in [0.2, 0.25) is 0 Å². The molecule has 3 nitrogen and oxygen atoms in total. The maximum absolute atomic E-state index is 11.6. The maximum atomic E-state index is 11.6. The van der Waals surface area contributed by atoms with Crippen LogP contribution in [0.25, 0.3) is 0 Å². The van der Waals surface area contributed by atoms with Crippen molar-refractivity contribution in [3.8, 4) is 0 Å². The quantitative estimate of drug-likeness (QED) is 0.666. The van der Waals surface area contributed by atoms with Crippen molar-refractivity contribution in [2.45, 2.75) is 10.8 Å². The molecule has 2 aliphatic rings. The third-order valence-electron chi connectivity index (χ3n) is 2.94. The van der Waals surface area contributed by atoms with Gasteiger partial charge in [-0.3, -0.25) is 14.9 Å². The SMILES string of the molecule is O=C1NC(=O)[C@@H]2c3ccccc3SC[C@H]12. The van der Waals surface area contributed by atoms with Gasteiger partial charge >= 0.3 is 0 Å². The smallest absolute Gasteiger partial charge is 0.234 e. The molecule has 0 radical (unpaired) electrons. The van der Waals surface area contributed by atoms with E-state index in [1.165, 1.54) is 0 Å². The molecule has 1 N–H and O–H groups in total. The standard InChI is InChI=1S/C11H9NO2S/c13-10-7-5-15-8-4-2-1-3-6(8)9(7)11(14)12-10/h1-4,7,9H,5H2,(H,12,13,14)/t7-,9+/m0/s1. The summed E-state index contributed by atoms with van der Waals surface area (Å²) >= 11 is 1.66. The van der Waals surface area contributed by atoms with E-state index >= 15 is 0 Å². The number of fused-ring (bicyclic) bond motifs is 3.